The first kappa shape index (κ1) is 11.5. The Labute approximate surface area is 106 Å². The van der Waals surface area contributed by atoms with Crippen LogP contribution >= 0.6 is 0 Å². The van der Waals surface area contributed by atoms with Crippen molar-refractivity contribution in [3.63, 3.8) is 0 Å². The Hall–Kier alpha value is -1.64. The molecule has 1 unspecified atom stereocenters. The van der Waals surface area contributed by atoms with Crippen molar-refractivity contribution in [2.24, 2.45) is 17.3 Å². The van der Waals surface area contributed by atoms with E-state index in [1.54, 1.807) is 6.08 Å². The van der Waals surface area contributed by atoms with Gasteiger partial charge < -0.3 is 4.74 Å². The number of allylic oxidation sites excluding steroid dienone is 2. The number of carbonyl (C=O) groups excluding carboxylic acids is 2. The number of rotatable bonds is 0. The quantitative estimate of drug-likeness (QED) is 0.484. The second-order valence-corrected chi connectivity index (χ2v) is 5.75. The number of carbonyl (C=O) groups is 2. The minimum atomic E-state index is -0.316. The van der Waals surface area contributed by atoms with Crippen LogP contribution in [0.3, 0.4) is 0 Å². The van der Waals surface area contributed by atoms with Crippen molar-refractivity contribution in [3.8, 4) is 0 Å². The molecular weight excluding hydrogens is 228 g/mol. The summed E-state index contributed by atoms with van der Waals surface area (Å²) in [4.78, 5) is 23.4. The van der Waals surface area contributed by atoms with Crippen LogP contribution in [0.15, 0.2) is 36.5 Å². The Balaban J connectivity index is 2.06. The number of ketones is 1. The molecule has 1 saturated carbocycles. The maximum absolute atomic E-state index is 11.8. The van der Waals surface area contributed by atoms with Crippen molar-refractivity contribution in [1.82, 2.24) is 0 Å². The van der Waals surface area contributed by atoms with E-state index in [2.05, 4.69) is 20.1 Å². The van der Waals surface area contributed by atoms with Crippen LogP contribution in [-0.2, 0) is 14.3 Å². The van der Waals surface area contributed by atoms with E-state index < -0.39 is 0 Å². The molecule has 0 aromatic carbocycles. The SMILES string of the molecule is C=C1C(=O)O[C@H]2C1CC[C@@]1(C)C=CC(=O)C(=C)[C@H]21. The molecular formula is C15H16O3. The van der Waals surface area contributed by atoms with Crippen LogP contribution in [-0.4, -0.2) is 17.9 Å². The van der Waals surface area contributed by atoms with Gasteiger partial charge in [-0.1, -0.05) is 26.2 Å². The largest absolute Gasteiger partial charge is 0.458 e. The van der Waals surface area contributed by atoms with E-state index in [0.717, 1.165) is 12.8 Å². The van der Waals surface area contributed by atoms with Gasteiger partial charge in [-0.3, -0.25) is 4.79 Å². The first-order valence-electron chi connectivity index (χ1n) is 6.26. The molecule has 4 atom stereocenters. The lowest BCUT2D eigenvalue weighted by Gasteiger charge is -2.46. The lowest BCUT2D eigenvalue weighted by molar-refractivity contribution is -0.144. The Kier molecular flexibility index (Phi) is 2.19. The highest BCUT2D eigenvalue weighted by Crippen LogP contribution is 2.54. The van der Waals surface area contributed by atoms with Crippen molar-refractivity contribution >= 4 is 11.8 Å². The lowest BCUT2D eigenvalue weighted by Crippen LogP contribution is -2.46. The van der Waals surface area contributed by atoms with E-state index in [0.29, 0.717) is 11.1 Å². The van der Waals surface area contributed by atoms with E-state index >= 15 is 0 Å². The van der Waals surface area contributed by atoms with Crippen LogP contribution in [0.1, 0.15) is 19.8 Å². The van der Waals surface area contributed by atoms with E-state index in [4.69, 9.17) is 4.74 Å². The van der Waals surface area contributed by atoms with Crippen LogP contribution in [0.2, 0.25) is 0 Å². The van der Waals surface area contributed by atoms with Gasteiger partial charge in [-0.25, -0.2) is 4.79 Å². The summed E-state index contributed by atoms with van der Waals surface area (Å²) < 4.78 is 5.45. The van der Waals surface area contributed by atoms with Crippen LogP contribution < -0.4 is 0 Å². The molecule has 0 aromatic heterocycles. The Bertz CT molecular complexity index is 514. The molecule has 0 bridgehead atoms. The van der Waals surface area contributed by atoms with Crippen LogP contribution in [0.5, 0.6) is 0 Å². The molecule has 3 aliphatic rings. The second kappa shape index (κ2) is 3.44. The molecule has 3 nitrogen and oxygen atoms in total. The van der Waals surface area contributed by atoms with Gasteiger partial charge in [-0.15, -0.1) is 0 Å². The van der Waals surface area contributed by atoms with Crippen molar-refractivity contribution in [2.45, 2.75) is 25.9 Å². The normalized spacial score (nSPS) is 42.6. The standard InChI is InChI=1S/C15H16O3/c1-8-10-4-6-15(3)7-5-11(16)9(2)12(15)13(10)18-14(8)17/h5,7,10,12-13H,1-2,4,6H2,3H3/t10?,12-,13+,15+/m1/s1. The minimum absolute atomic E-state index is 0.0478. The molecule has 3 heteroatoms. The summed E-state index contributed by atoms with van der Waals surface area (Å²) in [5.41, 5.74) is 0.992. The summed E-state index contributed by atoms with van der Waals surface area (Å²) in [5.74, 6) is -0.417. The molecule has 0 spiro atoms. The highest BCUT2D eigenvalue weighted by Gasteiger charge is 2.55. The number of esters is 1. The maximum atomic E-state index is 11.8. The highest BCUT2D eigenvalue weighted by atomic mass is 16.6. The molecule has 1 saturated heterocycles. The van der Waals surface area contributed by atoms with Gasteiger partial charge in [0.15, 0.2) is 5.78 Å². The fourth-order valence-electron chi connectivity index (χ4n) is 3.58. The molecule has 0 N–H and O–H groups in total. The number of ether oxygens (including phenoxy) is 1. The van der Waals surface area contributed by atoms with Crippen LogP contribution in [0.4, 0.5) is 0 Å². The Morgan fingerprint density at radius 1 is 1.33 bits per heavy atom. The zero-order valence-corrected chi connectivity index (χ0v) is 10.4. The van der Waals surface area contributed by atoms with E-state index in [9.17, 15) is 9.59 Å². The van der Waals surface area contributed by atoms with Gasteiger partial charge in [-0.2, -0.15) is 0 Å². The van der Waals surface area contributed by atoms with Crippen molar-refractivity contribution in [1.29, 1.82) is 0 Å². The summed E-state index contributed by atoms with van der Waals surface area (Å²) in [6.07, 6.45) is 5.11. The van der Waals surface area contributed by atoms with Gasteiger partial charge in [-0.05, 0) is 29.9 Å². The molecule has 94 valence electrons. The number of hydrogen-bond donors (Lipinski definition) is 0. The summed E-state index contributed by atoms with van der Waals surface area (Å²) >= 11 is 0. The zero-order chi connectivity index (χ0) is 13.1. The van der Waals surface area contributed by atoms with E-state index in [1.807, 2.05) is 6.08 Å². The first-order chi connectivity index (χ1) is 8.44. The fraction of sp³-hybridized carbons (Fsp3) is 0.467. The summed E-state index contributed by atoms with van der Waals surface area (Å²) in [7, 11) is 0. The Morgan fingerprint density at radius 3 is 2.78 bits per heavy atom. The van der Waals surface area contributed by atoms with Gasteiger partial charge in [0, 0.05) is 17.4 Å². The van der Waals surface area contributed by atoms with Crippen molar-refractivity contribution < 1.29 is 14.3 Å². The molecule has 1 heterocycles. The monoisotopic (exact) mass is 244 g/mol. The molecule has 3 rings (SSSR count). The second-order valence-electron chi connectivity index (χ2n) is 5.75. The number of fused-ring (bicyclic) bond motifs is 3. The molecule has 0 radical (unpaired) electrons. The van der Waals surface area contributed by atoms with Crippen LogP contribution in [0, 0.1) is 17.3 Å². The molecule has 2 aliphatic carbocycles. The average molecular weight is 244 g/mol. The summed E-state index contributed by atoms with van der Waals surface area (Å²) in [6.45, 7) is 9.84. The average Bonchev–Trinajstić information content (AvgIpc) is 2.60. The Morgan fingerprint density at radius 2 is 2.06 bits per heavy atom. The topological polar surface area (TPSA) is 43.4 Å². The predicted molar refractivity (Wildman–Crippen MR) is 66.6 cm³/mol. The molecule has 1 aliphatic heterocycles. The molecule has 2 fully saturated rings. The van der Waals surface area contributed by atoms with Crippen LogP contribution in [0.25, 0.3) is 0 Å². The van der Waals surface area contributed by atoms with E-state index in [1.165, 1.54) is 0 Å². The molecule has 18 heavy (non-hydrogen) atoms. The van der Waals surface area contributed by atoms with E-state index in [-0.39, 0.29) is 35.1 Å². The van der Waals surface area contributed by atoms with Crippen molar-refractivity contribution in [3.05, 3.63) is 36.5 Å². The van der Waals surface area contributed by atoms with Gasteiger partial charge in [0.25, 0.3) is 0 Å². The summed E-state index contributed by atoms with van der Waals surface area (Å²) in [6, 6.07) is 0. The molecule has 0 aromatic rings. The van der Waals surface area contributed by atoms with Gasteiger partial charge in [0.2, 0.25) is 0 Å². The minimum Gasteiger partial charge on any atom is -0.458 e. The zero-order valence-electron chi connectivity index (χ0n) is 10.4. The van der Waals surface area contributed by atoms with Gasteiger partial charge in [0.1, 0.15) is 6.10 Å². The van der Waals surface area contributed by atoms with Gasteiger partial charge >= 0.3 is 5.97 Å². The number of hydrogen-bond acceptors (Lipinski definition) is 3. The highest BCUT2D eigenvalue weighted by molar-refractivity contribution is 6.05. The third kappa shape index (κ3) is 1.30. The first-order valence-corrected chi connectivity index (χ1v) is 6.26. The van der Waals surface area contributed by atoms with Gasteiger partial charge in [0.05, 0.1) is 0 Å². The lowest BCUT2D eigenvalue weighted by atomic mass is 9.57. The third-order valence-electron chi connectivity index (χ3n) is 4.69. The smallest absolute Gasteiger partial charge is 0.334 e. The van der Waals surface area contributed by atoms with Crippen molar-refractivity contribution in [2.75, 3.05) is 0 Å². The molecule has 0 amide bonds. The summed E-state index contributed by atoms with van der Waals surface area (Å²) in [5, 5.41) is 0. The fourth-order valence-corrected chi connectivity index (χ4v) is 3.58. The maximum Gasteiger partial charge on any atom is 0.334 e. The third-order valence-corrected chi connectivity index (χ3v) is 4.69. The predicted octanol–water partition coefficient (Wildman–Crippen LogP) is 2.20.